The molecule has 3 aromatic rings. The summed E-state index contributed by atoms with van der Waals surface area (Å²) in [4.78, 5) is 24.8. The summed E-state index contributed by atoms with van der Waals surface area (Å²) in [5, 5.41) is 0. The van der Waals surface area contributed by atoms with Crippen molar-refractivity contribution in [3.05, 3.63) is 66.1 Å². The van der Waals surface area contributed by atoms with E-state index < -0.39 is 0 Å². The first kappa shape index (κ1) is 18.2. The van der Waals surface area contributed by atoms with Gasteiger partial charge in [-0.05, 0) is 18.6 Å². The maximum atomic E-state index is 4.84. The van der Waals surface area contributed by atoms with Crippen molar-refractivity contribution >= 4 is 17.7 Å². The number of aromatic nitrogens is 4. The minimum Gasteiger partial charge on any atom is -0.355 e. The van der Waals surface area contributed by atoms with E-state index in [9.17, 15) is 0 Å². The summed E-state index contributed by atoms with van der Waals surface area (Å²) in [5.41, 5.74) is 2.24. The van der Waals surface area contributed by atoms with Crippen LogP contribution in [-0.4, -0.2) is 53.2 Å². The Hall–Kier alpha value is -3.22. The Morgan fingerprint density at radius 2 is 1.50 bits per heavy atom. The number of hydrogen-bond donors (Lipinski definition) is 0. The van der Waals surface area contributed by atoms with E-state index in [-0.39, 0.29) is 0 Å². The van der Waals surface area contributed by atoms with Crippen molar-refractivity contribution in [3.63, 3.8) is 0 Å². The van der Waals surface area contributed by atoms with Crippen molar-refractivity contribution in [2.24, 2.45) is 0 Å². The molecule has 7 nitrogen and oxygen atoms in total. The lowest BCUT2D eigenvalue weighted by Gasteiger charge is -2.35. The van der Waals surface area contributed by atoms with Gasteiger partial charge in [0.05, 0.1) is 0 Å². The number of benzene rings is 1. The molecule has 4 rings (SSSR count). The summed E-state index contributed by atoms with van der Waals surface area (Å²) in [5.74, 6) is 2.53. The summed E-state index contributed by atoms with van der Waals surface area (Å²) in [6.07, 6.45) is 3.57. The number of anilines is 3. The second kappa shape index (κ2) is 8.21. The van der Waals surface area contributed by atoms with E-state index in [0.717, 1.165) is 56.1 Å². The SMILES string of the molecule is Cc1cc(N(C)Cc2ccccc2)nc(N2CCN(c3ncccn3)CC2)n1. The van der Waals surface area contributed by atoms with Crippen LogP contribution < -0.4 is 14.7 Å². The molecule has 0 aliphatic carbocycles. The standard InChI is InChI=1S/C21H25N7/c1-17-15-19(26(2)16-18-7-4-3-5-8-18)25-21(24-17)28-13-11-27(12-14-28)20-22-9-6-10-23-20/h3-10,15H,11-14,16H2,1-2H3. The maximum Gasteiger partial charge on any atom is 0.227 e. The molecule has 28 heavy (non-hydrogen) atoms. The van der Waals surface area contributed by atoms with Gasteiger partial charge in [0.25, 0.3) is 0 Å². The number of rotatable bonds is 5. The smallest absolute Gasteiger partial charge is 0.227 e. The third kappa shape index (κ3) is 4.19. The molecule has 1 aliphatic rings. The lowest BCUT2D eigenvalue weighted by atomic mass is 10.2. The van der Waals surface area contributed by atoms with Crippen LogP contribution in [0.2, 0.25) is 0 Å². The van der Waals surface area contributed by atoms with Crippen LogP contribution in [0.15, 0.2) is 54.9 Å². The van der Waals surface area contributed by atoms with Crippen LogP contribution in [0.25, 0.3) is 0 Å². The van der Waals surface area contributed by atoms with Crippen LogP contribution in [-0.2, 0) is 6.54 Å². The van der Waals surface area contributed by atoms with Crippen LogP contribution in [0.4, 0.5) is 17.7 Å². The third-order valence-electron chi connectivity index (χ3n) is 4.88. The van der Waals surface area contributed by atoms with Gasteiger partial charge in [0, 0.05) is 63.9 Å². The molecule has 0 amide bonds. The molecule has 1 aliphatic heterocycles. The molecule has 0 N–H and O–H groups in total. The van der Waals surface area contributed by atoms with Gasteiger partial charge in [-0.1, -0.05) is 30.3 Å². The highest BCUT2D eigenvalue weighted by atomic mass is 15.4. The zero-order valence-corrected chi connectivity index (χ0v) is 16.4. The Balaban J connectivity index is 1.45. The Morgan fingerprint density at radius 3 is 2.18 bits per heavy atom. The van der Waals surface area contributed by atoms with E-state index >= 15 is 0 Å². The average Bonchev–Trinajstić information content (AvgIpc) is 2.75. The molecule has 0 bridgehead atoms. The molecule has 0 atom stereocenters. The van der Waals surface area contributed by atoms with E-state index in [0.29, 0.717) is 0 Å². The molecule has 1 aromatic carbocycles. The summed E-state index contributed by atoms with van der Waals surface area (Å²) in [6.45, 7) is 6.26. The molecule has 0 saturated carbocycles. The van der Waals surface area contributed by atoms with E-state index in [1.165, 1.54) is 5.56 Å². The quantitative estimate of drug-likeness (QED) is 0.679. The first-order valence-electron chi connectivity index (χ1n) is 9.57. The zero-order chi connectivity index (χ0) is 19.3. The van der Waals surface area contributed by atoms with Crippen molar-refractivity contribution in [1.29, 1.82) is 0 Å². The summed E-state index contributed by atoms with van der Waals surface area (Å²) < 4.78 is 0. The number of aryl methyl sites for hydroxylation is 1. The normalized spacial score (nSPS) is 14.2. The fourth-order valence-electron chi connectivity index (χ4n) is 3.37. The lowest BCUT2D eigenvalue weighted by Crippen LogP contribution is -2.47. The predicted octanol–water partition coefficient (Wildman–Crippen LogP) is 2.54. The van der Waals surface area contributed by atoms with E-state index in [1.807, 2.05) is 25.1 Å². The van der Waals surface area contributed by atoms with Crippen LogP contribution in [0, 0.1) is 6.92 Å². The van der Waals surface area contributed by atoms with Gasteiger partial charge in [-0.25, -0.2) is 15.0 Å². The number of piperazine rings is 1. The number of hydrogen-bond acceptors (Lipinski definition) is 7. The van der Waals surface area contributed by atoms with Crippen LogP contribution in [0.3, 0.4) is 0 Å². The van der Waals surface area contributed by atoms with Crippen molar-refractivity contribution in [3.8, 4) is 0 Å². The first-order chi connectivity index (χ1) is 13.7. The lowest BCUT2D eigenvalue weighted by molar-refractivity contribution is 0.626. The van der Waals surface area contributed by atoms with Crippen LogP contribution in [0.1, 0.15) is 11.3 Å². The molecular weight excluding hydrogens is 350 g/mol. The molecule has 1 saturated heterocycles. The monoisotopic (exact) mass is 375 g/mol. The molecule has 144 valence electrons. The minimum atomic E-state index is 0.788. The first-order valence-corrected chi connectivity index (χ1v) is 9.57. The minimum absolute atomic E-state index is 0.788. The molecule has 0 radical (unpaired) electrons. The molecule has 3 heterocycles. The van der Waals surface area contributed by atoms with Crippen molar-refractivity contribution < 1.29 is 0 Å². The number of nitrogens with zero attached hydrogens (tertiary/aromatic N) is 7. The Labute approximate surface area is 165 Å². The fraction of sp³-hybridized carbons (Fsp3) is 0.333. The van der Waals surface area contributed by atoms with Crippen molar-refractivity contribution in [2.45, 2.75) is 13.5 Å². The van der Waals surface area contributed by atoms with Gasteiger partial charge in [0.2, 0.25) is 11.9 Å². The summed E-state index contributed by atoms with van der Waals surface area (Å²) >= 11 is 0. The average molecular weight is 375 g/mol. The second-order valence-corrected chi connectivity index (χ2v) is 7.03. The Morgan fingerprint density at radius 1 is 0.857 bits per heavy atom. The largest absolute Gasteiger partial charge is 0.355 e. The molecule has 1 fully saturated rings. The van der Waals surface area contributed by atoms with Gasteiger partial charge in [-0.2, -0.15) is 4.98 Å². The molecule has 2 aromatic heterocycles. The summed E-state index contributed by atoms with van der Waals surface area (Å²) in [7, 11) is 2.07. The van der Waals surface area contributed by atoms with E-state index in [2.05, 4.69) is 61.0 Å². The fourth-order valence-corrected chi connectivity index (χ4v) is 3.37. The highest BCUT2D eigenvalue weighted by Crippen LogP contribution is 2.20. The van der Waals surface area contributed by atoms with Crippen LogP contribution in [0.5, 0.6) is 0 Å². The highest BCUT2D eigenvalue weighted by Gasteiger charge is 2.21. The van der Waals surface area contributed by atoms with Crippen molar-refractivity contribution in [1.82, 2.24) is 19.9 Å². The van der Waals surface area contributed by atoms with Crippen LogP contribution >= 0.6 is 0 Å². The van der Waals surface area contributed by atoms with Gasteiger partial charge in [0.1, 0.15) is 5.82 Å². The Kier molecular flexibility index (Phi) is 5.32. The maximum absolute atomic E-state index is 4.84. The van der Waals surface area contributed by atoms with Gasteiger partial charge < -0.3 is 14.7 Å². The third-order valence-corrected chi connectivity index (χ3v) is 4.88. The Bertz CT molecular complexity index is 893. The van der Waals surface area contributed by atoms with Gasteiger partial charge in [0.15, 0.2) is 0 Å². The highest BCUT2D eigenvalue weighted by molar-refractivity contribution is 5.47. The topological polar surface area (TPSA) is 61.3 Å². The van der Waals surface area contributed by atoms with E-state index in [4.69, 9.17) is 4.98 Å². The van der Waals surface area contributed by atoms with Gasteiger partial charge >= 0.3 is 0 Å². The molecule has 0 spiro atoms. The second-order valence-electron chi connectivity index (χ2n) is 7.03. The molecule has 7 heteroatoms. The zero-order valence-electron chi connectivity index (χ0n) is 16.4. The molecular formula is C21H25N7. The molecule has 0 unspecified atom stereocenters. The van der Waals surface area contributed by atoms with E-state index in [1.54, 1.807) is 12.4 Å². The van der Waals surface area contributed by atoms with Gasteiger partial charge in [-0.15, -0.1) is 0 Å². The van der Waals surface area contributed by atoms with Gasteiger partial charge in [-0.3, -0.25) is 0 Å². The van der Waals surface area contributed by atoms with Crippen molar-refractivity contribution in [2.75, 3.05) is 47.9 Å². The summed E-state index contributed by atoms with van der Waals surface area (Å²) in [6, 6.07) is 14.3. The predicted molar refractivity (Wildman–Crippen MR) is 112 cm³/mol.